The van der Waals surface area contributed by atoms with E-state index in [1.165, 1.54) is 17.7 Å². The molecule has 0 radical (unpaired) electrons. The van der Waals surface area contributed by atoms with Gasteiger partial charge in [0.15, 0.2) is 9.84 Å². The number of rotatable bonds is 6. The highest BCUT2D eigenvalue weighted by Gasteiger charge is 2.14. The predicted octanol–water partition coefficient (Wildman–Crippen LogP) is 2.39. The van der Waals surface area contributed by atoms with Crippen molar-refractivity contribution in [1.29, 1.82) is 0 Å². The van der Waals surface area contributed by atoms with Crippen LogP contribution < -0.4 is 5.32 Å². The molecule has 0 bridgehead atoms. The Kier molecular flexibility index (Phi) is 5.98. The number of nitrogens with zero attached hydrogens (tertiary/aromatic N) is 1. The molecule has 0 aliphatic heterocycles. The third-order valence-electron chi connectivity index (χ3n) is 3.86. The van der Waals surface area contributed by atoms with Gasteiger partial charge in [-0.2, -0.15) is 0 Å². The Hall–Kier alpha value is -2.18. The highest BCUT2D eigenvalue weighted by molar-refractivity contribution is 7.90. The Morgan fingerprint density at radius 1 is 1.04 bits per heavy atom. The molecule has 0 aliphatic carbocycles. The van der Waals surface area contributed by atoms with Crippen molar-refractivity contribution in [3.05, 3.63) is 64.7 Å². The predicted molar refractivity (Wildman–Crippen MR) is 99.3 cm³/mol. The largest absolute Gasteiger partial charge is 0.348 e. The number of benzene rings is 2. The Balaban J connectivity index is 2.07. The van der Waals surface area contributed by atoms with Gasteiger partial charge in [-0.1, -0.05) is 30.3 Å². The molecule has 2 rings (SSSR count). The van der Waals surface area contributed by atoms with Gasteiger partial charge >= 0.3 is 0 Å². The topological polar surface area (TPSA) is 66.5 Å². The van der Waals surface area contributed by atoms with Crippen LogP contribution in [0.5, 0.6) is 0 Å². The fraction of sp³-hybridized carbons (Fsp3) is 0.316. The van der Waals surface area contributed by atoms with Crippen molar-refractivity contribution >= 4 is 15.7 Å². The van der Waals surface area contributed by atoms with E-state index in [2.05, 4.69) is 10.2 Å². The van der Waals surface area contributed by atoms with Crippen LogP contribution in [0.1, 0.15) is 27.0 Å². The second-order valence-electron chi connectivity index (χ2n) is 6.49. The highest BCUT2D eigenvalue weighted by atomic mass is 32.2. The second kappa shape index (κ2) is 7.80. The van der Waals surface area contributed by atoms with Crippen molar-refractivity contribution in [1.82, 2.24) is 10.2 Å². The van der Waals surface area contributed by atoms with Crippen LogP contribution in [0.2, 0.25) is 0 Å². The molecule has 0 atom stereocenters. The van der Waals surface area contributed by atoms with Crippen molar-refractivity contribution < 1.29 is 13.2 Å². The molecule has 25 heavy (non-hydrogen) atoms. The van der Waals surface area contributed by atoms with Gasteiger partial charge in [-0.15, -0.1) is 0 Å². The zero-order chi connectivity index (χ0) is 18.6. The number of sulfone groups is 1. The minimum Gasteiger partial charge on any atom is -0.348 e. The minimum absolute atomic E-state index is 0.149. The van der Waals surface area contributed by atoms with Gasteiger partial charge < -0.3 is 10.2 Å². The number of amides is 1. The summed E-state index contributed by atoms with van der Waals surface area (Å²) in [6, 6.07) is 12.7. The molecule has 0 unspecified atom stereocenters. The summed E-state index contributed by atoms with van der Waals surface area (Å²) in [6.45, 7) is 3.05. The van der Waals surface area contributed by atoms with E-state index >= 15 is 0 Å². The summed E-state index contributed by atoms with van der Waals surface area (Å²) < 4.78 is 23.3. The van der Waals surface area contributed by atoms with Gasteiger partial charge in [0.05, 0.1) is 4.90 Å². The first-order valence-electron chi connectivity index (χ1n) is 7.98. The zero-order valence-electron chi connectivity index (χ0n) is 15.0. The quantitative estimate of drug-likeness (QED) is 0.859. The molecule has 0 aromatic heterocycles. The Morgan fingerprint density at radius 3 is 2.20 bits per heavy atom. The van der Waals surface area contributed by atoms with E-state index in [1.807, 2.05) is 38.4 Å². The molecule has 0 saturated heterocycles. The van der Waals surface area contributed by atoms with E-state index < -0.39 is 9.84 Å². The molecule has 5 nitrogen and oxygen atoms in total. The number of nitrogens with one attached hydrogen (secondary N) is 1. The van der Waals surface area contributed by atoms with Crippen LogP contribution in [0.4, 0.5) is 0 Å². The summed E-state index contributed by atoms with van der Waals surface area (Å²) in [5.74, 6) is -0.277. The lowest BCUT2D eigenvalue weighted by Crippen LogP contribution is -2.24. The van der Waals surface area contributed by atoms with Gasteiger partial charge in [-0.05, 0) is 49.8 Å². The van der Waals surface area contributed by atoms with E-state index in [4.69, 9.17) is 0 Å². The number of carbonyl (C=O) groups excluding carboxylic acids is 1. The van der Waals surface area contributed by atoms with Gasteiger partial charge in [0.2, 0.25) is 0 Å². The van der Waals surface area contributed by atoms with Crippen LogP contribution in [0.3, 0.4) is 0 Å². The summed E-state index contributed by atoms with van der Waals surface area (Å²) >= 11 is 0. The lowest BCUT2D eigenvalue weighted by molar-refractivity contribution is 0.0950. The van der Waals surface area contributed by atoms with Crippen LogP contribution in [-0.4, -0.2) is 39.6 Å². The minimum atomic E-state index is -3.34. The normalized spacial score (nSPS) is 11.6. The molecular weight excluding hydrogens is 336 g/mol. The SMILES string of the molecule is Cc1ccc(S(C)(=O)=O)cc1C(=O)NCc1ccc(CN(C)C)cc1. The molecule has 0 aliphatic rings. The molecule has 0 heterocycles. The van der Waals surface area contributed by atoms with Gasteiger partial charge in [0, 0.05) is 24.9 Å². The summed E-state index contributed by atoms with van der Waals surface area (Å²) in [5.41, 5.74) is 3.32. The van der Waals surface area contributed by atoms with Crippen molar-refractivity contribution in [3.8, 4) is 0 Å². The maximum atomic E-state index is 12.4. The van der Waals surface area contributed by atoms with E-state index in [-0.39, 0.29) is 10.8 Å². The van der Waals surface area contributed by atoms with E-state index in [9.17, 15) is 13.2 Å². The molecule has 0 fully saturated rings. The van der Waals surface area contributed by atoms with Crippen molar-refractivity contribution in [2.45, 2.75) is 24.9 Å². The molecule has 0 spiro atoms. The summed E-state index contributed by atoms with van der Waals surface area (Å²) in [6.07, 6.45) is 1.13. The molecule has 1 N–H and O–H groups in total. The first kappa shape index (κ1) is 19.1. The molecular formula is C19H24N2O3S. The van der Waals surface area contributed by atoms with Crippen molar-refractivity contribution in [2.24, 2.45) is 0 Å². The van der Waals surface area contributed by atoms with Gasteiger partial charge in [-0.3, -0.25) is 4.79 Å². The van der Waals surface area contributed by atoms with E-state index in [0.717, 1.165) is 23.9 Å². The standard InChI is InChI=1S/C19H24N2O3S/c1-14-5-10-17(25(4,23)24)11-18(14)19(22)20-12-15-6-8-16(9-7-15)13-21(2)3/h5-11H,12-13H2,1-4H3,(H,20,22). The third-order valence-corrected chi connectivity index (χ3v) is 4.97. The third kappa shape index (κ3) is 5.41. The molecule has 134 valence electrons. The number of carbonyl (C=O) groups is 1. The maximum absolute atomic E-state index is 12.4. The molecule has 1 amide bonds. The number of aryl methyl sites for hydroxylation is 1. The Bertz CT molecular complexity index is 857. The molecule has 0 saturated carbocycles. The van der Waals surface area contributed by atoms with Gasteiger partial charge in [0.25, 0.3) is 5.91 Å². The maximum Gasteiger partial charge on any atom is 0.251 e. The van der Waals surface area contributed by atoms with Crippen LogP contribution in [0, 0.1) is 6.92 Å². The van der Waals surface area contributed by atoms with Crippen LogP contribution >= 0.6 is 0 Å². The number of hydrogen-bond acceptors (Lipinski definition) is 4. The average Bonchev–Trinajstić information content (AvgIpc) is 2.52. The first-order chi connectivity index (χ1) is 11.7. The first-order valence-corrected chi connectivity index (χ1v) is 9.87. The van der Waals surface area contributed by atoms with Gasteiger partial charge in [-0.25, -0.2) is 8.42 Å². The molecule has 6 heteroatoms. The fourth-order valence-corrected chi connectivity index (χ4v) is 3.13. The van der Waals surface area contributed by atoms with E-state index in [1.54, 1.807) is 13.0 Å². The Labute approximate surface area is 149 Å². The Morgan fingerprint density at radius 2 is 1.64 bits per heavy atom. The molecule has 2 aromatic carbocycles. The molecule has 2 aromatic rings. The zero-order valence-corrected chi connectivity index (χ0v) is 15.9. The number of hydrogen-bond donors (Lipinski definition) is 1. The summed E-state index contributed by atoms with van der Waals surface area (Å²) in [5, 5.41) is 2.85. The van der Waals surface area contributed by atoms with Crippen LogP contribution in [-0.2, 0) is 22.9 Å². The van der Waals surface area contributed by atoms with Crippen LogP contribution in [0.25, 0.3) is 0 Å². The summed E-state index contributed by atoms with van der Waals surface area (Å²) in [4.78, 5) is 14.7. The lowest BCUT2D eigenvalue weighted by Gasteiger charge is -2.11. The van der Waals surface area contributed by atoms with Gasteiger partial charge in [0.1, 0.15) is 0 Å². The van der Waals surface area contributed by atoms with Crippen molar-refractivity contribution in [2.75, 3.05) is 20.4 Å². The van der Waals surface area contributed by atoms with Crippen molar-refractivity contribution in [3.63, 3.8) is 0 Å². The van der Waals surface area contributed by atoms with E-state index in [0.29, 0.717) is 12.1 Å². The van der Waals surface area contributed by atoms with Crippen LogP contribution in [0.15, 0.2) is 47.4 Å². The fourth-order valence-electron chi connectivity index (χ4n) is 2.48. The summed E-state index contributed by atoms with van der Waals surface area (Å²) in [7, 11) is 0.688. The second-order valence-corrected chi connectivity index (χ2v) is 8.50. The monoisotopic (exact) mass is 360 g/mol. The highest BCUT2D eigenvalue weighted by Crippen LogP contribution is 2.16. The smallest absolute Gasteiger partial charge is 0.251 e. The lowest BCUT2D eigenvalue weighted by atomic mass is 10.1. The average molecular weight is 360 g/mol.